The molecule has 0 aliphatic carbocycles. The average molecular weight is 368 g/mol. The van der Waals surface area contributed by atoms with Gasteiger partial charge in [0.2, 0.25) is 0 Å². The van der Waals surface area contributed by atoms with Crippen LogP contribution in [0.3, 0.4) is 0 Å². The fourth-order valence-electron chi connectivity index (χ4n) is 2.31. The van der Waals surface area contributed by atoms with Crippen LogP contribution in [-0.4, -0.2) is 33.5 Å². The number of benzene rings is 2. The summed E-state index contributed by atoms with van der Waals surface area (Å²) in [6.45, 7) is 0.176. The Labute approximate surface area is 156 Å². The van der Waals surface area contributed by atoms with Crippen molar-refractivity contribution >= 4 is 23.4 Å². The first kappa shape index (κ1) is 18.0. The molecule has 6 nitrogen and oxygen atoms in total. The molecule has 134 valence electrons. The fraction of sp³-hybridized carbons (Fsp3) is 0.158. The van der Waals surface area contributed by atoms with Gasteiger partial charge in [0.25, 0.3) is 0 Å². The van der Waals surface area contributed by atoms with Gasteiger partial charge in [-0.05, 0) is 23.3 Å². The van der Waals surface area contributed by atoms with Crippen LogP contribution in [0.2, 0.25) is 0 Å². The number of rotatable bonds is 7. The highest BCUT2D eigenvalue weighted by molar-refractivity contribution is 7.99. The lowest BCUT2D eigenvalue weighted by Gasteiger charge is -2.12. The second kappa shape index (κ2) is 8.55. The third-order valence-corrected chi connectivity index (χ3v) is 4.55. The van der Waals surface area contributed by atoms with Crippen LogP contribution in [0.4, 0.5) is 11.6 Å². The molecule has 26 heavy (non-hydrogen) atoms. The number of anilines is 2. The summed E-state index contributed by atoms with van der Waals surface area (Å²) in [5.41, 5.74) is 13.5. The van der Waals surface area contributed by atoms with Crippen LogP contribution in [0, 0.1) is 0 Å². The van der Waals surface area contributed by atoms with Crippen molar-refractivity contribution in [2.24, 2.45) is 0 Å². The maximum atomic E-state index is 10.1. The molecule has 5 N–H and O–H groups in total. The number of hydrogen-bond donors (Lipinski definition) is 3. The number of thioether (sulfide) groups is 1. The Kier molecular flexibility index (Phi) is 5.93. The fourth-order valence-corrected chi connectivity index (χ4v) is 3.09. The molecule has 0 unspecified atom stereocenters. The molecule has 0 aliphatic heterocycles. The summed E-state index contributed by atoms with van der Waals surface area (Å²) in [5.74, 6) is 1.71. The number of ether oxygens (including phenoxy) is 1. The molecule has 0 spiro atoms. The summed E-state index contributed by atoms with van der Waals surface area (Å²) in [4.78, 5) is 8.12. The Bertz CT molecular complexity index is 824. The zero-order valence-electron chi connectivity index (χ0n) is 14.1. The van der Waals surface area contributed by atoms with Gasteiger partial charge in [0.1, 0.15) is 24.0 Å². The van der Waals surface area contributed by atoms with Gasteiger partial charge in [0, 0.05) is 11.8 Å². The Morgan fingerprint density at radius 3 is 2.19 bits per heavy atom. The number of nitrogen functional groups attached to an aromatic ring is 2. The molecule has 0 bridgehead atoms. The highest BCUT2D eigenvalue weighted by Gasteiger charge is 2.09. The number of aliphatic hydroxyl groups excluding tert-OH is 1. The van der Waals surface area contributed by atoms with Crippen molar-refractivity contribution < 1.29 is 9.84 Å². The maximum absolute atomic E-state index is 10.1. The SMILES string of the molecule is Nc1cc(N)nc(SC[C@H](O)COc2ccc(-c3ccccc3)cc2)n1. The third-order valence-electron chi connectivity index (χ3n) is 3.55. The van der Waals surface area contributed by atoms with E-state index in [-0.39, 0.29) is 6.61 Å². The Hall–Kier alpha value is -2.77. The lowest BCUT2D eigenvalue weighted by Crippen LogP contribution is -2.20. The molecule has 3 aromatic rings. The van der Waals surface area contributed by atoms with Crippen molar-refractivity contribution in [1.82, 2.24) is 9.97 Å². The van der Waals surface area contributed by atoms with Crippen molar-refractivity contribution in [1.29, 1.82) is 0 Å². The van der Waals surface area contributed by atoms with E-state index in [4.69, 9.17) is 16.2 Å². The number of aromatic nitrogens is 2. The average Bonchev–Trinajstić information content (AvgIpc) is 2.65. The topological polar surface area (TPSA) is 107 Å². The van der Waals surface area contributed by atoms with E-state index < -0.39 is 6.10 Å². The van der Waals surface area contributed by atoms with E-state index in [1.165, 1.54) is 17.8 Å². The van der Waals surface area contributed by atoms with Gasteiger partial charge >= 0.3 is 0 Å². The molecule has 1 aromatic heterocycles. The summed E-state index contributed by atoms with van der Waals surface area (Å²) in [7, 11) is 0. The number of hydrogen-bond acceptors (Lipinski definition) is 7. The first-order valence-corrected chi connectivity index (χ1v) is 9.08. The second-order valence-corrected chi connectivity index (χ2v) is 6.65. The van der Waals surface area contributed by atoms with Gasteiger partial charge in [-0.3, -0.25) is 0 Å². The standard InChI is InChI=1S/C19H20N4O2S/c20-17-10-18(21)23-19(22-17)26-12-15(24)11-25-16-8-6-14(7-9-16)13-4-2-1-3-5-13/h1-10,15,24H,11-12H2,(H4,20,21,22,23)/t15-/m1/s1. The van der Waals surface area contributed by atoms with Gasteiger partial charge in [-0.15, -0.1) is 0 Å². The van der Waals surface area contributed by atoms with Crippen molar-refractivity contribution in [3.05, 3.63) is 60.7 Å². The predicted molar refractivity (Wildman–Crippen MR) is 105 cm³/mol. The van der Waals surface area contributed by atoms with Gasteiger partial charge in [0.05, 0.1) is 6.10 Å². The molecule has 0 fully saturated rings. The van der Waals surface area contributed by atoms with Crippen LogP contribution >= 0.6 is 11.8 Å². The predicted octanol–water partition coefficient (Wildman–Crippen LogP) is 2.84. The second-order valence-electron chi connectivity index (χ2n) is 5.67. The molecular formula is C19H20N4O2S. The third kappa shape index (κ3) is 5.11. The van der Waals surface area contributed by atoms with Crippen molar-refractivity contribution in [3.63, 3.8) is 0 Å². The number of nitrogens with two attached hydrogens (primary N) is 2. The monoisotopic (exact) mass is 368 g/mol. The largest absolute Gasteiger partial charge is 0.491 e. The zero-order chi connectivity index (χ0) is 18.4. The first-order valence-electron chi connectivity index (χ1n) is 8.09. The summed E-state index contributed by atoms with van der Waals surface area (Å²) >= 11 is 1.28. The van der Waals surface area contributed by atoms with Crippen molar-refractivity contribution in [2.45, 2.75) is 11.3 Å². The van der Waals surface area contributed by atoms with E-state index in [0.29, 0.717) is 28.3 Å². The molecule has 0 saturated heterocycles. The van der Waals surface area contributed by atoms with Gasteiger partial charge in [-0.1, -0.05) is 54.2 Å². The number of aliphatic hydroxyl groups is 1. The van der Waals surface area contributed by atoms with Crippen LogP contribution in [0.1, 0.15) is 0 Å². The molecular weight excluding hydrogens is 348 g/mol. The van der Waals surface area contributed by atoms with E-state index in [9.17, 15) is 5.11 Å². The lowest BCUT2D eigenvalue weighted by molar-refractivity contribution is 0.126. The van der Waals surface area contributed by atoms with Crippen LogP contribution in [0.5, 0.6) is 5.75 Å². The molecule has 3 rings (SSSR count). The molecule has 1 atom stereocenters. The van der Waals surface area contributed by atoms with Crippen LogP contribution in [0.15, 0.2) is 65.8 Å². The summed E-state index contributed by atoms with van der Waals surface area (Å²) in [6, 6.07) is 19.4. The minimum atomic E-state index is -0.667. The minimum absolute atomic E-state index is 0.176. The molecule has 2 aromatic carbocycles. The van der Waals surface area contributed by atoms with Crippen LogP contribution in [-0.2, 0) is 0 Å². The van der Waals surface area contributed by atoms with E-state index in [0.717, 1.165) is 11.1 Å². The quantitative estimate of drug-likeness (QED) is 0.435. The van der Waals surface area contributed by atoms with E-state index in [1.807, 2.05) is 42.5 Å². The molecule has 0 radical (unpaired) electrons. The van der Waals surface area contributed by atoms with Gasteiger partial charge in [-0.25, -0.2) is 9.97 Å². The Morgan fingerprint density at radius 1 is 0.923 bits per heavy atom. The normalized spacial score (nSPS) is 11.9. The minimum Gasteiger partial charge on any atom is -0.491 e. The maximum Gasteiger partial charge on any atom is 0.191 e. The van der Waals surface area contributed by atoms with Crippen molar-refractivity contribution in [3.8, 4) is 16.9 Å². The highest BCUT2D eigenvalue weighted by atomic mass is 32.2. The molecule has 0 amide bonds. The zero-order valence-corrected chi connectivity index (χ0v) is 14.9. The Morgan fingerprint density at radius 2 is 1.54 bits per heavy atom. The molecule has 0 aliphatic rings. The molecule has 1 heterocycles. The highest BCUT2D eigenvalue weighted by Crippen LogP contribution is 2.22. The van der Waals surface area contributed by atoms with E-state index in [1.54, 1.807) is 0 Å². The molecule has 7 heteroatoms. The summed E-state index contributed by atoms with van der Waals surface area (Å²) in [5, 5.41) is 10.5. The smallest absolute Gasteiger partial charge is 0.191 e. The summed E-state index contributed by atoms with van der Waals surface area (Å²) in [6.07, 6.45) is -0.667. The Balaban J connectivity index is 1.49. The first-order chi connectivity index (χ1) is 12.6. The van der Waals surface area contributed by atoms with E-state index in [2.05, 4.69) is 22.1 Å². The molecule has 0 saturated carbocycles. The van der Waals surface area contributed by atoms with Gasteiger partial charge in [0.15, 0.2) is 5.16 Å². The van der Waals surface area contributed by atoms with Crippen LogP contribution in [0.25, 0.3) is 11.1 Å². The van der Waals surface area contributed by atoms with Crippen LogP contribution < -0.4 is 16.2 Å². The summed E-state index contributed by atoms with van der Waals surface area (Å²) < 4.78 is 5.64. The number of nitrogens with zero attached hydrogens (tertiary/aromatic N) is 2. The van der Waals surface area contributed by atoms with Crippen molar-refractivity contribution in [2.75, 3.05) is 23.8 Å². The van der Waals surface area contributed by atoms with Gasteiger partial charge in [-0.2, -0.15) is 0 Å². The lowest BCUT2D eigenvalue weighted by atomic mass is 10.1. The van der Waals surface area contributed by atoms with Gasteiger partial charge < -0.3 is 21.3 Å². The van der Waals surface area contributed by atoms with E-state index >= 15 is 0 Å².